The number of amides is 1. The van der Waals surface area contributed by atoms with Crippen LogP contribution in [0.4, 0.5) is 5.69 Å². The standard InChI is InChI=1S/C18H24N2O2S/c1-11(2)10-16-19-13(5)17(23-16)18(21)20-14-6-8-15(9-7-14)22-12(3)4/h6-9,11-12H,10H2,1-5H3,(H,20,21). The zero-order chi connectivity index (χ0) is 17.0. The molecule has 0 aliphatic carbocycles. The van der Waals surface area contributed by atoms with Crippen molar-refractivity contribution < 1.29 is 9.53 Å². The Morgan fingerprint density at radius 3 is 2.43 bits per heavy atom. The first-order valence-electron chi connectivity index (χ1n) is 7.89. The second-order valence-corrected chi connectivity index (χ2v) is 7.35. The van der Waals surface area contributed by atoms with E-state index in [0.717, 1.165) is 28.6 Å². The molecule has 0 aliphatic heterocycles. The van der Waals surface area contributed by atoms with Crippen molar-refractivity contribution in [3.8, 4) is 5.75 Å². The van der Waals surface area contributed by atoms with E-state index in [9.17, 15) is 4.79 Å². The van der Waals surface area contributed by atoms with Gasteiger partial charge < -0.3 is 10.1 Å². The highest BCUT2D eigenvalue weighted by molar-refractivity contribution is 7.13. The first-order chi connectivity index (χ1) is 10.8. The summed E-state index contributed by atoms with van der Waals surface area (Å²) in [6.07, 6.45) is 1.04. The molecule has 2 aromatic rings. The number of hydrogen-bond acceptors (Lipinski definition) is 4. The maximum absolute atomic E-state index is 12.4. The van der Waals surface area contributed by atoms with Crippen molar-refractivity contribution in [2.45, 2.75) is 47.1 Å². The molecule has 0 atom stereocenters. The zero-order valence-electron chi connectivity index (χ0n) is 14.3. The Hall–Kier alpha value is -1.88. The lowest BCUT2D eigenvalue weighted by Crippen LogP contribution is -2.11. The van der Waals surface area contributed by atoms with Crippen LogP contribution in [0.2, 0.25) is 0 Å². The van der Waals surface area contributed by atoms with Crippen molar-refractivity contribution in [3.05, 3.63) is 39.8 Å². The van der Waals surface area contributed by atoms with Gasteiger partial charge in [0.2, 0.25) is 0 Å². The van der Waals surface area contributed by atoms with Gasteiger partial charge >= 0.3 is 0 Å². The summed E-state index contributed by atoms with van der Waals surface area (Å²) in [5.74, 6) is 1.23. The van der Waals surface area contributed by atoms with E-state index in [4.69, 9.17) is 4.74 Å². The van der Waals surface area contributed by atoms with Gasteiger partial charge in [0.1, 0.15) is 10.6 Å². The zero-order valence-corrected chi connectivity index (χ0v) is 15.2. The van der Waals surface area contributed by atoms with Gasteiger partial charge in [0.25, 0.3) is 5.91 Å². The minimum absolute atomic E-state index is 0.104. The quantitative estimate of drug-likeness (QED) is 0.835. The Morgan fingerprint density at radius 2 is 1.87 bits per heavy atom. The lowest BCUT2D eigenvalue weighted by molar-refractivity contribution is 0.102. The van der Waals surface area contributed by atoms with Crippen molar-refractivity contribution in [3.63, 3.8) is 0 Å². The van der Waals surface area contributed by atoms with Gasteiger partial charge in [0, 0.05) is 12.1 Å². The number of ether oxygens (including phenoxy) is 1. The smallest absolute Gasteiger partial charge is 0.267 e. The molecule has 0 bridgehead atoms. The molecule has 23 heavy (non-hydrogen) atoms. The summed E-state index contributed by atoms with van der Waals surface area (Å²) in [7, 11) is 0. The third-order valence-electron chi connectivity index (χ3n) is 3.11. The molecule has 0 fully saturated rings. The first kappa shape index (κ1) is 17.5. The highest BCUT2D eigenvalue weighted by Crippen LogP contribution is 2.23. The normalized spacial score (nSPS) is 11.1. The fraction of sp³-hybridized carbons (Fsp3) is 0.444. The second kappa shape index (κ2) is 7.59. The molecule has 5 heteroatoms. The van der Waals surface area contributed by atoms with Gasteiger partial charge in [-0.3, -0.25) is 4.79 Å². The summed E-state index contributed by atoms with van der Waals surface area (Å²) in [5, 5.41) is 3.94. The van der Waals surface area contributed by atoms with Gasteiger partial charge in [-0.15, -0.1) is 11.3 Å². The van der Waals surface area contributed by atoms with Crippen molar-refractivity contribution >= 4 is 22.9 Å². The Kier molecular flexibility index (Phi) is 5.77. The Balaban J connectivity index is 2.05. The average molecular weight is 332 g/mol. The molecule has 0 radical (unpaired) electrons. The fourth-order valence-corrected chi connectivity index (χ4v) is 3.35. The number of aryl methyl sites for hydroxylation is 1. The molecular weight excluding hydrogens is 308 g/mol. The van der Waals surface area contributed by atoms with Crippen LogP contribution in [0.25, 0.3) is 0 Å². The second-order valence-electron chi connectivity index (χ2n) is 6.27. The Bertz CT molecular complexity index is 660. The van der Waals surface area contributed by atoms with Gasteiger partial charge in [-0.2, -0.15) is 0 Å². The van der Waals surface area contributed by atoms with Crippen LogP contribution in [0.15, 0.2) is 24.3 Å². The van der Waals surface area contributed by atoms with Crippen LogP contribution in [-0.2, 0) is 6.42 Å². The van der Waals surface area contributed by atoms with Crippen molar-refractivity contribution in [1.29, 1.82) is 0 Å². The van der Waals surface area contributed by atoms with Crippen LogP contribution < -0.4 is 10.1 Å². The van der Waals surface area contributed by atoms with E-state index in [0.29, 0.717) is 10.8 Å². The summed E-state index contributed by atoms with van der Waals surface area (Å²) in [6, 6.07) is 7.42. The summed E-state index contributed by atoms with van der Waals surface area (Å²) in [6.45, 7) is 10.2. The largest absolute Gasteiger partial charge is 0.491 e. The van der Waals surface area contributed by atoms with E-state index in [1.807, 2.05) is 45.0 Å². The van der Waals surface area contributed by atoms with E-state index in [1.54, 1.807) is 0 Å². The maximum atomic E-state index is 12.4. The van der Waals surface area contributed by atoms with Crippen LogP contribution in [0.5, 0.6) is 5.75 Å². The lowest BCUT2D eigenvalue weighted by Gasteiger charge is -2.10. The molecule has 0 spiro atoms. The van der Waals surface area contributed by atoms with Crippen molar-refractivity contribution in [2.75, 3.05) is 5.32 Å². The topological polar surface area (TPSA) is 51.2 Å². The van der Waals surface area contributed by atoms with Gasteiger partial charge in [0.15, 0.2) is 0 Å². The molecule has 0 saturated carbocycles. The van der Waals surface area contributed by atoms with Gasteiger partial charge in [-0.25, -0.2) is 4.98 Å². The highest BCUT2D eigenvalue weighted by Gasteiger charge is 2.16. The fourth-order valence-electron chi connectivity index (χ4n) is 2.18. The summed E-state index contributed by atoms with van der Waals surface area (Å²) in [4.78, 5) is 17.6. The molecule has 0 aliphatic rings. The van der Waals surface area contributed by atoms with E-state index < -0.39 is 0 Å². The number of thiazole rings is 1. The van der Waals surface area contributed by atoms with E-state index >= 15 is 0 Å². The van der Waals surface area contributed by atoms with Gasteiger partial charge in [-0.1, -0.05) is 13.8 Å². The number of aromatic nitrogens is 1. The van der Waals surface area contributed by atoms with Crippen LogP contribution in [-0.4, -0.2) is 17.0 Å². The van der Waals surface area contributed by atoms with Crippen LogP contribution in [0.1, 0.15) is 48.1 Å². The molecule has 0 saturated heterocycles. The van der Waals surface area contributed by atoms with Gasteiger partial charge in [-0.05, 0) is 51.0 Å². The maximum Gasteiger partial charge on any atom is 0.267 e. The number of rotatable bonds is 6. The SMILES string of the molecule is Cc1nc(CC(C)C)sc1C(=O)Nc1ccc(OC(C)C)cc1. The summed E-state index contributed by atoms with van der Waals surface area (Å²) in [5.41, 5.74) is 1.55. The third kappa shape index (κ3) is 5.06. The van der Waals surface area contributed by atoms with E-state index in [1.165, 1.54) is 11.3 Å². The molecule has 1 amide bonds. The number of carbonyl (C=O) groups excluding carboxylic acids is 1. The molecule has 2 rings (SSSR count). The monoisotopic (exact) mass is 332 g/mol. The number of carbonyl (C=O) groups is 1. The summed E-state index contributed by atoms with van der Waals surface area (Å²) < 4.78 is 5.60. The van der Waals surface area contributed by atoms with Gasteiger partial charge in [0.05, 0.1) is 16.8 Å². The highest BCUT2D eigenvalue weighted by atomic mass is 32.1. The number of nitrogens with zero attached hydrogens (tertiary/aromatic N) is 1. The first-order valence-corrected chi connectivity index (χ1v) is 8.71. The Morgan fingerprint density at radius 1 is 1.22 bits per heavy atom. The molecule has 1 N–H and O–H groups in total. The molecule has 4 nitrogen and oxygen atoms in total. The third-order valence-corrected chi connectivity index (χ3v) is 4.29. The van der Waals surface area contributed by atoms with Crippen molar-refractivity contribution in [2.24, 2.45) is 5.92 Å². The van der Waals surface area contributed by atoms with E-state index in [2.05, 4.69) is 24.1 Å². The van der Waals surface area contributed by atoms with E-state index in [-0.39, 0.29) is 12.0 Å². The minimum atomic E-state index is -0.104. The molecule has 124 valence electrons. The molecule has 1 aromatic heterocycles. The predicted molar refractivity (Wildman–Crippen MR) is 95.6 cm³/mol. The minimum Gasteiger partial charge on any atom is -0.491 e. The number of hydrogen-bond donors (Lipinski definition) is 1. The predicted octanol–water partition coefficient (Wildman–Crippen LogP) is 4.69. The van der Waals surface area contributed by atoms with Crippen molar-refractivity contribution in [1.82, 2.24) is 4.98 Å². The average Bonchev–Trinajstić information content (AvgIpc) is 2.80. The number of anilines is 1. The molecular formula is C18H24N2O2S. The number of nitrogens with one attached hydrogen (secondary N) is 1. The molecule has 1 heterocycles. The van der Waals surface area contributed by atoms with Crippen LogP contribution in [0, 0.1) is 12.8 Å². The summed E-state index contributed by atoms with van der Waals surface area (Å²) >= 11 is 1.48. The molecule has 1 aromatic carbocycles. The Labute approximate surface area is 141 Å². The molecule has 0 unspecified atom stereocenters. The lowest BCUT2D eigenvalue weighted by atomic mass is 10.1. The number of benzene rings is 1. The van der Waals surface area contributed by atoms with Crippen LogP contribution >= 0.6 is 11.3 Å². The van der Waals surface area contributed by atoms with Crippen LogP contribution in [0.3, 0.4) is 0 Å².